The van der Waals surface area contributed by atoms with Gasteiger partial charge in [-0.25, -0.2) is 0 Å². The fourth-order valence-electron chi connectivity index (χ4n) is 2.48. The van der Waals surface area contributed by atoms with E-state index in [9.17, 15) is 0 Å². The summed E-state index contributed by atoms with van der Waals surface area (Å²) in [6.45, 7) is 3.11. The Morgan fingerprint density at radius 1 is 1.29 bits per heavy atom. The molecule has 0 saturated carbocycles. The number of hydrogen-bond donors (Lipinski definition) is 1. The van der Waals surface area contributed by atoms with Gasteiger partial charge in [0.05, 0.1) is 12.8 Å². The molecule has 0 radical (unpaired) electrons. The summed E-state index contributed by atoms with van der Waals surface area (Å²) in [6, 6.07) is 8.55. The lowest BCUT2D eigenvalue weighted by Gasteiger charge is -2.29. The van der Waals surface area contributed by atoms with Gasteiger partial charge in [-0.1, -0.05) is 24.3 Å². The number of methoxy groups -OCH3 is 1. The first-order valence-electron chi connectivity index (χ1n) is 7.11. The highest BCUT2D eigenvalue weighted by Gasteiger charge is 2.17. The second-order valence-corrected chi connectivity index (χ2v) is 5.00. The van der Waals surface area contributed by atoms with E-state index in [1.165, 1.54) is 11.1 Å². The number of anilines is 2. The van der Waals surface area contributed by atoms with E-state index in [-0.39, 0.29) is 0 Å². The van der Waals surface area contributed by atoms with Crippen LogP contribution in [0.4, 0.5) is 11.8 Å². The fourth-order valence-corrected chi connectivity index (χ4v) is 2.48. The minimum absolute atomic E-state index is 0.545. The van der Waals surface area contributed by atoms with Crippen LogP contribution in [0.2, 0.25) is 0 Å². The highest BCUT2D eigenvalue weighted by molar-refractivity contribution is 5.44. The number of ether oxygens (including phenoxy) is 1. The maximum atomic E-state index is 5.00. The van der Waals surface area contributed by atoms with E-state index >= 15 is 0 Å². The lowest BCUT2D eigenvalue weighted by Crippen LogP contribution is -2.31. The number of benzene rings is 1. The molecule has 1 aromatic carbocycles. The molecule has 110 valence electrons. The van der Waals surface area contributed by atoms with Crippen LogP contribution in [0.25, 0.3) is 0 Å². The molecule has 21 heavy (non-hydrogen) atoms. The number of aromatic nitrogens is 3. The molecule has 0 amide bonds. The molecule has 0 bridgehead atoms. The van der Waals surface area contributed by atoms with Gasteiger partial charge in [-0.2, -0.15) is 10.1 Å². The first kappa shape index (κ1) is 13.8. The van der Waals surface area contributed by atoms with Crippen molar-refractivity contribution < 1.29 is 4.74 Å². The highest BCUT2D eigenvalue weighted by atomic mass is 16.5. The van der Waals surface area contributed by atoms with Crippen LogP contribution in [-0.4, -0.2) is 42.0 Å². The van der Waals surface area contributed by atoms with Crippen molar-refractivity contribution in [1.29, 1.82) is 0 Å². The zero-order chi connectivity index (χ0) is 14.5. The summed E-state index contributed by atoms with van der Waals surface area (Å²) in [5.41, 5.74) is 2.78. The second kappa shape index (κ2) is 6.49. The van der Waals surface area contributed by atoms with E-state index < -0.39 is 0 Å². The molecule has 1 aromatic heterocycles. The van der Waals surface area contributed by atoms with Crippen LogP contribution in [0.15, 0.2) is 30.5 Å². The molecule has 0 spiro atoms. The minimum Gasteiger partial charge on any atom is -0.383 e. The van der Waals surface area contributed by atoms with Crippen molar-refractivity contribution in [3.8, 4) is 0 Å². The zero-order valence-electron chi connectivity index (χ0n) is 12.1. The van der Waals surface area contributed by atoms with Crippen LogP contribution in [0, 0.1) is 0 Å². The van der Waals surface area contributed by atoms with Crippen LogP contribution < -0.4 is 10.2 Å². The molecule has 2 aromatic rings. The molecule has 0 saturated heterocycles. The Morgan fingerprint density at radius 3 is 3.00 bits per heavy atom. The van der Waals surface area contributed by atoms with Crippen molar-refractivity contribution >= 4 is 11.8 Å². The molecule has 6 nitrogen and oxygen atoms in total. The Kier molecular flexibility index (Phi) is 4.25. The molecule has 6 heteroatoms. The van der Waals surface area contributed by atoms with Gasteiger partial charge in [-0.3, -0.25) is 0 Å². The molecule has 1 aliphatic heterocycles. The zero-order valence-corrected chi connectivity index (χ0v) is 12.1. The Hall–Kier alpha value is -2.21. The average Bonchev–Trinajstić information content (AvgIpc) is 2.55. The number of hydrogen-bond acceptors (Lipinski definition) is 6. The van der Waals surface area contributed by atoms with Crippen molar-refractivity contribution in [3.63, 3.8) is 0 Å². The van der Waals surface area contributed by atoms with E-state index in [0.29, 0.717) is 19.1 Å². The number of nitrogens with zero attached hydrogens (tertiary/aromatic N) is 4. The summed E-state index contributed by atoms with van der Waals surface area (Å²) in [7, 11) is 1.67. The Bertz CT molecular complexity index is 604. The average molecular weight is 285 g/mol. The predicted molar refractivity (Wildman–Crippen MR) is 81.4 cm³/mol. The lowest BCUT2D eigenvalue weighted by molar-refractivity contribution is 0.210. The van der Waals surface area contributed by atoms with Crippen molar-refractivity contribution in [2.45, 2.75) is 13.0 Å². The summed E-state index contributed by atoms with van der Waals surface area (Å²) < 4.78 is 5.00. The molecule has 1 aliphatic rings. The lowest BCUT2D eigenvalue weighted by atomic mass is 10.0. The van der Waals surface area contributed by atoms with Crippen molar-refractivity contribution in [2.24, 2.45) is 0 Å². The third kappa shape index (κ3) is 3.28. The summed E-state index contributed by atoms with van der Waals surface area (Å²) in [5.74, 6) is 1.41. The normalized spacial score (nSPS) is 13.9. The fraction of sp³-hybridized carbons (Fsp3) is 0.400. The van der Waals surface area contributed by atoms with Gasteiger partial charge < -0.3 is 15.0 Å². The van der Waals surface area contributed by atoms with E-state index in [1.807, 2.05) is 0 Å². The predicted octanol–water partition coefficient (Wildman–Crippen LogP) is 1.49. The van der Waals surface area contributed by atoms with Gasteiger partial charge in [0.1, 0.15) is 0 Å². The Morgan fingerprint density at radius 2 is 2.14 bits per heavy atom. The van der Waals surface area contributed by atoms with Gasteiger partial charge in [-0.05, 0) is 17.5 Å². The molecule has 0 atom stereocenters. The molecular formula is C15H19N5O. The molecule has 0 fully saturated rings. The number of fused-ring (bicyclic) bond motifs is 1. The SMILES string of the molecule is COCCNc1nncc(N2CCc3ccccc3C2)n1. The maximum absolute atomic E-state index is 5.00. The van der Waals surface area contributed by atoms with Gasteiger partial charge in [0.25, 0.3) is 0 Å². The number of nitrogens with one attached hydrogen (secondary N) is 1. The Balaban J connectivity index is 1.71. The highest BCUT2D eigenvalue weighted by Crippen LogP contribution is 2.22. The van der Waals surface area contributed by atoms with Crippen molar-refractivity contribution in [1.82, 2.24) is 15.2 Å². The maximum Gasteiger partial charge on any atom is 0.244 e. The monoisotopic (exact) mass is 285 g/mol. The van der Waals surface area contributed by atoms with Crippen LogP contribution in [-0.2, 0) is 17.7 Å². The summed E-state index contributed by atoms with van der Waals surface area (Å²) in [4.78, 5) is 6.76. The Labute approximate surface area is 124 Å². The van der Waals surface area contributed by atoms with E-state index in [0.717, 1.165) is 25.3 Å². The van der Waals surface area contributed by atoms with Gasteiger partial charge in [0.15, 0.2) is 5.82 Å². The molecule has 1 N–H and O–H groups in total. The van der Waals surface area contributed by atoms with Crippen molar-refractivity contribution in [3.05, 3.63) is 41.6 Å². The van der Waals surface area contributed by atoms with E-state index in [1.54, 1.807) is 13.3 Å². The molecule has 2 heterocycles. The summed E-state index contributed by atoms with van der Waals surface area (Å²) >= 11 is 0. The third-order valence-corrected chi connectivity index (χ3v) is 3.59. The smallest absolute Gasteiger partial charge is 0.244 e. The first-order chi connectivity index (χ1) is 10.4. The summed E-state index contributed by atoms with van der Waals surface area (Å²) in [6.07, 6.45) is 2.75. The largest absolute Gasteiger partial charge is 0.383 e. The van der Waals surface area contributed by atoms with Crippen molar-refractivity contribution in [2.75, 3.05) is 37.0 Å². The standard InChI is InChI=1S/C15H19N5O/c1-21-9-7-16-15-18-14(10-17-19-15)20-8-6-12-4-2-3-5-13(12)11-20/h2-5,10H,6-9,11H2,1H3,(H,16,18,19). The quantitative estimate of drug-likeness (QED) is 0.840. The second-order valence-electron chi connectivity index (χ2n) is 5.00. The van der Waals surface area contributed by atoms with Gasteiger partial charge >= 0.3 is 0 Å². The summed E-state index contributed by atoms with van der Waals surface area (Å²) in [5, 5.41) is 11.1. The third-order valence-electron chi connectivity index (χ3n) is 3.59. The minimum atomic E-state index is 0.545. The van der Waals surface area contributed by atoms with E-state index in [4.69, 9.17) is 4.74 Å². The van der Waals surface area contributed by atoms with Gasteiger partial charge in [0, 0.05) is 26.7 Å². The van der Waals surface area contributed by atoms with Crippen LogP contribution in [0.5, 0.6) is 0 Å². The molecule has 0 aliphatic carbocycles. The van der Waals surface area contributed by atoms with Crippen LogP contribution in [0.1, 0.15) is 11.1 Å². The van der Waals surface area contributed by atoms with Crippen LogP contribution in [0.3, 0.4) is 0 Å². The first-order valence-corrected chi connectivity index (χ1v) is 7.11. The van der Waals surface area contributed by atoms with E-state index in [2.05, 4.69) is 49.7 Å². The topological polar surface area (TPSA) is 63.2 Å². The molecule has 3 rings (SSSR count). The van der Waals surface area contributed by atoms with Crippen LogP contribution >= 0.6 is 0 Å². The van der Waals surface area contributed by atoms with Gasteiger partial charge in [-0.15, -0.1) is 5.10 Å². The molecule has 0 unspecified atom stereocenters. The molecular weight excluding hydrogens is 266 g/mol. The number of rotatable bonds is 5. The van der Waals surface area contributed by atoms with Gasteiger partial charge in [0.2, 0.25) is 5.95 Å².